The second-order valence-corrected chi connectivity index (χ2v) is 10.4. The summed E-state index contributed by atoms with van der Waals surface area (Å²) in [4.78, 5) is 38.4. The molecule has 2 N–H and O–H groups in total. The number of piperazine rings is 1. The third kappa shape index (κ3) is 5.30. The summed E-state index contributed by atoms with van der Waals surface area (Å²) < 4.78 is 33.3. The number of carbonyl (C=O) groups excluding carboxylic acids is 3. The average Bonchev–Trinajstić information content (AvgIpc) is 2.86. The van der Waals surface area contributed by atoms with E-state index in [4.69, 9.17) is 4.74 Å². The minimum Gasteiger partial charge on any atom is -0.478 e. The number of benzene rings is 2. The molecular formula is C24H28N4O6S. The van der Waals surface area contributed by atoms with E-state index in [0.717, 1.165) is 5.56 Å². The largest absolute Gasteiger partial charge is 0.478 e. The number of hydrogen-bond acceptors (Lipinski definition) is 6. The summed E-state index contributed by atoms with van der Waals surface area (Å²) in [5.41, 5.74) is 1.82. The number of anilines is 1. The molecule has 1 atom stereocenters. The number of nitrogens with one attached hydrogen (secondary N) is 2. The first-order valence-electron chi connectivity index (χ1n) is 11.4. The molecule has 10 nitrogen and oxygen atoms in total. The van der Waals surface area contributed by atoms with Crippen molar-refractivity contribution in [1.29, 1.82) is 0 Å². The van der Waals surface area contributed by atoms with Crippen molar-refractivity contribution >= 4 is 33.4 Å². The predicted octanol–water partition coefficient (Wildman–Crippen LogP) is 1.37. The van der Waals surface area contributed by atoms with Crippen LogP contribution in [0.5, 0.6) is 5.75 Å². The van der Waals surface area contributed by atoms with Crippen LogP contribution in [0.4, 0.5) is 5.69 Å². The van der Waals surface area contributed by atoms with E-state index in [9.17, 15) is 22.8 Å². The van der Waals surface area contributed by atoms with Crippen LogP contribution in [0.25, 0.3) is 0 Å². The van der Waals surface area contributed by atoms with E-state index in [0.29, 0.717) is 23.4 Å². The van der Waals surface area contributed by atoms with Crippen molar-refractivity contribution < 1.29 is 27.5 Å². The fraction of sp³-hybridized carbons (Fsp3) is 0.375. The topological polar surface area (TPSA) is 125 Å². The number of hydrogen-bond donors (Lipinski definition) is 2. The molecule has 0 aromatic heterocycles. The molecule has 2 aliphatic heterocycles. The van der Waals surface area contributed by atoms with Gasteiger partial charge in [-0.25, -0.2) is 8.42 Å². The Morgan fingerprint density at radius 3 is 2.43 bits per heavy atom. The van der Waals surface area contributed by atoms with Crippen molar-refractivity contribution in [1.82, 2.24) is 14.5 Å². The zero-order valence-corrected chi connectivity index (χ0v) is 20.4. The van der Waals surface area contributed by atoms with Crippen LogP contribution in [0.2, 0.25) is 0 Å². The van der Waals surface area contributed by atoms with Crippen molar-refractivity contribution in [3.8, 4) is 5.75 Å². The van der Waals surface area contributed by atoms with E-state index in [1.165, 1.54) is 21.3 Å². The molecule has 35 heavy (non-hydrogen) atoms. The van der Waals surface area contributed by atoms with Crippen LogP contribution in [-0.2, 0) is 19.6 Å². The summed E-state index contributed by atoms with van der Waals surface area (Å²) >= 11 is 0. The summed E-state index contributed by atoms with van der Waals surface area (Å²) in [5.74, 6) is -0.496. The van der Waals surface area contributed by atoms with Gasteiger partial charge in [0, 0.05) is 31.7 Å². The summed E-state index contributed by atoms with van der Waals surface area (Å²) in [6.07, 6.45) is -0.0959. The molecule has 1 fully saturated rings. The van der Waals surface area contributed by atoms with Crippen molar-refractivity contribution in [2.75, 3.05) is 38.0 Å². The zero-order chi connectivity index (χ0) is 25.2. The molecular weight excluding hydrogens is 472 g/mol. The lowest BCUT2D eigenvalue weighted by Crippen LogP contribution is -2.52. The first-order valence-corrected chi connectivity index (χ1v) is 12.9. The van der Waals surface area contributed by atoms with Gasteiger partial charge in [-0.3, -0.25) is 14.4 Å². The number of amides is 3. The van der Waals surface area contributed by atoms with E-state index in [1.807, 2.05) is 26.0 Å². The van der Waals surface area contributed by atoms with E-state index in [1.54, 1.807) is 18.2 Å². The van der Waals surface area contributed by atoms with Gasteiger partial charge in [-0.15, -0.1) is 0 Å². The second kappa shape index (κ2) is 10.0. The molecule has 0 saturated carbocycles. The third-order valence-electron chi connectivity index (χ3n) is 6.08. The molecule has 2 aromatic carbocycles. The Balaban J connectivity index is 1.33. The molecule has 1 unspecified atom stereocenters. The monoisotopic (exact) mass is 500 g/mol. The van der Waals surface area contributed by atoms with Gasteiger partial charge in [0.2, 0.25) is 15.9 Å². The number of ether oxygens (including phenoxy) is 1. The SMILES string of the molecule is CCC1Oc2ccc(S(=O)(=O)N3CCN(C(=O)CNC(=O)c4ccc(C)cc4)CC3)cc2NC1=O. The molecule has 3 amide bonds. The number of fused-ring (bicyclic) bond motifs is 1. The lowest BCUT2D eigenvalue weighted by atomic mass is 10.1. The maximum Gasteiger partial charge on any atom is 0.265 e. The van der Waals surface area contributed by atoms with Gasteiger partial charge in [-0.05, 0) is 43.7 Å². The Hall–Kier alpha value is -3.44. The lowest BCUT2D eigenvalue weighted by molar-refractivity contribution is -0.131. The highest BCUT2D eigenvalue weighted by molar-refractivity contribution is 7.89. The van der Waals surface area contributed by atoms with E-state index >= 15 is 0 Å². The van der Waals surface area contributed by atoms with Crippen LogP contribution < -0.4 is 15.4 Å². The van der Waals surface area contributed by atoms with Crippen molar-refractivity contribution in [3.05, 3.63) is 53.6 Å². The number of nitrogens with zero attached hydrogens (tertiary/aromatic N) is 2. The molecule has 2 heterocycles. The number of sulfonamides is 1. The zero-order valence-electron chi connectivity index (χ0n) is 19.6. The first kappa shape index (κ1) is 24.7. The van der Waals surface area contributed by atoms with Crippen molar-refractivity contribution in [3.63, 3.8) is 0 Å². The Morgan fingerprint density at radius 2 is 1.77 bits per heavy atom. The summed E-state index contributed by atoms with van der Waals surface area (Å²) in [5, 5.41) is 5.32. The Bertz CT molecular complexity index is 1240. The highest BCUT2D eigenvalue weighted by atomic mass is 32.2. The number of rotatable bonds is 6. The van der Waals surface area contributed by atoms with Gasteiger partial charge in [0.15, 0.2) is 6.10 Å². The fourth-order valence-electron chi connectivity index (χ4n) is 3.96. The van der Waals surface area contributed by atoms with Gasteiger partial charge in [-0.2, -0.15) is 4.31 Å². The van der Waals surface area contributed by atoms with Crippen LogP contribution in [0.15, 0.2) is 47.4 Å². The fourth-order valence-corrected chi connectivity index (χ4v) is 5.41. The molecule has 2 aliphatic rings. The minimum atomic E-state index is -3.83. The third-order valence-corrected chi connectivity index (χ3v) is 7.98. The van der Waals surface area contributed by atoms with Crippen LogP contribution in [0.1, 0.15) is 29.3 Å². The molecule has 186 valence electrons. The molecule has 2 aromatic rings. The predicted molar refractivity (Wildman–Crippen MR) is 129 cm³/mol. The molecule has 11 heteroatoms. The minimum absolute atomic E-state index is 0.0419. The summed E-state index contributed by atoms with van der Waals surface area (Å²) in [6.45, 7) is 4.25. The summed E-state index contributed by atoms with van der Waals surface area (Å²) in [6, 6.07) is 11.4. The van der Waals surface area contributed by atoms with E-state index in [-0.39, 0.29) is 55.3 Å². The maximum atomic E-state index is 13.2. The quantitative estimate of drug-likeness (QED) is 0.617. The van der Waals surface area contributed by atoms with Crippen molar-refractivity contribution in [2.24, 2.45) is 0 Å². The number of aryl methyl sites for hydroxylation is 1. The Morgan fingerprint density at radius 1 is 1.09 bits per heavy atom. The molecule has 1 saturated heterocycles. The highest BCUT2D eigenvalue weighted by Crippen LogP contribution is 2.33. The van der Waals surface area contributed by atoms with Gasteiger partial charge in [0.1, 0.15) is 5.75 Å². The lowest BCUT2D eigenvalue weighted by Gasteiger charge is -2.34. The summed E-state index contributed by atoms with van der Waals surface area (Å²) in [7, 11) is -3.83. The smallest absolute Gasteiger partial charge is 0.265 e. The van der Waals surface area contributed by atoms with E-state index in [2.05, 4.69) is 10.6 Å². The van der Waals surface area contributed by atoms with Gasteiger partial charge >= 0.3 is 0 Å². The average molecular weight is 501 g/mol. The molecule has 0 radical (unpaired) electrons. The van der Waals surface area contributed by atoms with Crippen LogP contribution in [0, 0.1) is 6.92 Å². The standard InChI is InChI=1S/C24H28N4O6S/c1-3-20-24(31)26-19-14-18(8-9-21(19)34-20)35(32,33)28-12-10-27(11-13-28)22(29)15-25-23(30)17-6-4-16(2)5-7-17/h4-9,14,20H,3,10-13,15H2,1-2H3,(H,25,30)(H,26,31). The molecule has 0 aliphatic carbocycles. The van der Waals surface area contributed by atoms with Gasteiger partial charge in [-0.1, -0.05) is 24.6 Å². The second-order valence-electron chi connectivity index (χ2n) is 8.50. The van der Waals surface area contributed by atoms with Gasteiger partial charge in [0.25, 0.3) is 11.8 Å². The molecule has 0 bridgehead atoms. The number of carbonyl (C=O) groups is 3. The Kier molecular flexibility index (Phi) is 7.08. The Labute approximate surface area is 204 Å². The van der Waals surface area contributed by atoms with Crippen LogP contribution in [0.3, 0.4) is 0 Å². The van der Waals surface area contributed by atoms with Crippen molar-refractivity contribution in [2.45, 2.75) is 31.3 Å². The van der Waals surface area contributed by atoms with E-state index < -0.39 is 16.1 Å². The molecule has 4 rings (SSSR count). The van der Waals surface area contributed by atoms with Crippen LogP contribution >= 0.6 is 0 Å². The maximum absolute atomic E-state index is 13.2. The molecule has 0 spiro atoms. The van der Waals surface area contributed by atoms with Crippen LogP contribution in [-0.4, -0.2) is 74.2 Å². The normalized spacial score (nSPS) is 18.3. The van der Waals surface area contributed by atoms with Gasteiger partial charge in [0.05, 0.1) is 17.1 Å². The first-order chi connectivity index (χ1) is 16.7. The highest BCUT2D eigenvalue weighted by Gasteiger charge is 2.32. The van der Waals surface area contributed by atoms with Gasteiger partial charge < -0.3 is 20.3 Å².